The molecular weight excluding hydrogens is 428 g/mol. The first-order valence-electron chi connectivity index (χ1n) is 11.4. The summed E-state index contributed by atoms with van der Waals surface area (Å²) < 4.78 is 1.80. The Bertz CT molecular complexity index is 1280. The number of unbranched alkanes of at least 4 members (excludes halogenated alkanes) is 2. The zero-order chi connectivity index (χ0) is 23.9. The zero-order valence-electron chi connectivity index (χ0n) is 19.0. The van der Waals surface area contributed by atoms with Crippen molar-refractivity contribution in [3.63, 3.8) is 0 Å². The van der Waals surface area contributed by atoms with Gasteiger partial charge in [-0.1, -0.05) is 74.4 Å². The van der Waals surface area contributed by atoms with Gasteiger partial charge >= 0.3 is 5.97 Å². The first-order chi connectivity index (χ1) is 16.6. The molecule has 7 nitrogen and oxygen atoms in total. The average Bonchev–Trinajstić information content (AvgIpc) is 3.27. The molecule has 4 rings (SSSR count). The van der Waals surface area contributed by atoms with Gasteiger partial charge in [-0.15, -0.1) is 5.10 Å². The Morgan fingerprint density at radius 1 is 0.971 bits per heavy atom. The minimum Gasteiger partial charge on any atom is -0.478 e. The van der Waals surface area contributed by atoms with E-state index in [-0.39, 0.29) is 17.2 Å². The molecule has 172 valence electrons. The fraction of sp³-hybridized carbons (Fsp3) is 0.222. The Morgan fingerprint density at radius 2 is 1.74 bits per heavy atom. The highest BCUT2D eigenvalue weighted by Gasteiger charge is 2.18. The van der Waals surface area contributed by atoms with E-state index in [1.165, 1.54) is 12.3 Å². The zero-order valence-corrected chi connectivity index (χ0v) is 19.0. The van der Waals surface area contributed by atoms with E-state index in [9.17, 15) is 14.7 Å². The molecule has 2 aromatic carbocycles. The van der Waals surface area contributed by atoms with Crippen LogP contribution in [0.2, 0.25) is 0 Å². The summed E-state index contributed by atoms with van der Waals surface area (Å²) in [5.41, 5.74) is 3.09. The van der Waals surface area contributed by atoms with Crippen molar-refractivity contribution in [2.24, 2.45) is 0 Å². The van der Waals surface area contributed by atoms with E-state index in [1.54, 1.807) is 23.0 Å². The molecule has 7 heteroatoms. The maximum Gasteiger partial charge on any atom is 0.336 e. The van der Waals surface area contributed by atoms with E-state index in [4.69, 9.17) is 0 Å². The second-order valence-electron chi connectivity index (χ2n) is 8.08. The topological polar surface area (TPSA) is 98.0 Å². The first-order valence-corrected chi connectivity index (χ1v) is 11.4. The van der Waals surface area contributed by atoms with E-state index in [0.29, 0.717) is 17.7 Å². The second kappa shape index (κ2) is 10.7. The molecule has 0 saturated carbocycles. The lowest BCUT2D eigenvalue weighted by Gasteiger charge is -2.09. The summed E-state index contributed by atoms with van der Waals surface area (Å²) in [5.74, 6) is -0.186. The van der Waals surface area contributed by atoms with Crippen molar-refractivity contribution >= 4 is 11.8 Å². The van der Waals surface area contributed by atoms with Crippen molar-refractivity contribution in [1.82, 2.24) is 19.7 Å². The number of carboxylic acids is 1. The van der Waals surface area contributed by atoms with Crippen molar-refractivity contribution in [2.75, 3.05) is 0 Å². The summed E-state index contributed by atoms with van der Waals surface area (Å²) in [5, 5.41) is 14.0. The number of carbonyl (C=O) groups is 2. The molecule has 0 spiro atoms. The SMILES string of the molecule is CCCCCc1nc(C(=O)c2ccccc2)nn1Cc1ccc(-c2cnccc2C(=O)O)cc1. The summed E-state index contributed by atoms with van der Waals surface area (Å²) in [4.78, 5) is 33.1. The van der Waals surface area contributed by atoms with Crippen molar-refractivity contribution in [3.8, 4) is 11.1 Å². The maximum absolute atomic E-state index is 12.9. The van der Waals surface area contributed by atoms with Crippen LogP contribution in [-0.4, -0.2) is 36.6 Å². The van der Waals surface area contributed by atoms with Gasteiger partial charge in [0.2, 0.25) is 11.6 Å². The lowest BCUT2D eigenvalue weighted by Crippen LogP contribution is -2.08. The van der Waals surface area contributed by atoms with Gasteiger partial charge in [-0.2, -0.15) is 0 Å². The summed E-state index contributed by atoms with van der Waals surface area (Å²) >= 11 is 0. The monoisotopic (exact) mass is 454 g/mol. The summed E-state index contributed by atoms with van der Waals surface area (Å²) in [6, 6.07) is 18.2. The molecule has 0 unspecified atom stereocenters. The number of aryl methyl sites for hydroxylation is 1. The van der Waals surface area contributed by atoms with Gasteiger partial charge in [-0.05, 0) is 23.6 Å². The van der Waals surface area contributed by atoms with E-state index in [2.05, 4.69) is 22.0 Å². The van der Waals surface area contributed by atoms with Gasteiger partial charge in [-0.25, -0.2) is 14.5 Å². The average molecular weight is 455 g/mol. The number of nitrogens with zero attached hydrogens (tertiary/aromatic N) is 4. The molecule has 0 fully saturated rings. The summed E-state index contributed by atoms with van der Waals surface area (Å²) in [7, 11) is 0. The first kappa shape index (κ1) is 23.0. The van der Waals surface area contributed by atoms with Crippen LogP contribution in [0, 0.1) is 0 Å². The van der Waals surface area contributed by atoms with Gasteiger partial charge < -0.3 is 5.11 Å². The fourth-order valence-corrected chi connectivity index (χ4v) is 3.81. The largest absolute Gasteiger partial charge is 0.478 e. The number of hydrogen-bond acceptors (Lipinski definition) is 5. The molecule has 0 radical (unpaired) electrons. The van der Waals surface area contributed by atoms with E-state index in [1.807, 2.05) is 42.5 Å². The van der Waals surface area contributed by atoms with Crippen LogP contribution in [0.4, 0.5) is 0 Å². The van der Waals surface area contributed by atoms with Crippen LogP contribution in [0.15, 0.2) is 73.1 Å². The normalized spacial score (nSPS) is 10.9. The molecule has 1 N–H and O–H groups in total. The number of aromatic nitrogens is 4. The van der Waals surface area contributed by atoms with E-state index in [0.717, 1.165) is 42.6 Å². The third-order valence-electron chi connectivity index (χ3n) is 5.64. The van der Waals surface area contributed by atoms with Gasteiger partial charge in [0.05, 0.1) is 12.1 Å². The van der Waals surface area contributed by atoms with Crippen LogP contribution in [-0.2, 0) is 13.0 Å². The predicted molar refractivity (Wildman–Crippen MR) is 129 cm³/mol. The molecule has 0 saturated heterocycles. The molecule has 0 aliphatic heterocycles. The quantitative estimate of drug-likeness (QED) is 0.266. The van der Waals surface area contributed by atoms with Crippen LogP contribution in [0.5, 0.6) is 0 Å². The van der Waals surface area contributed by atoms with Gasteiger partial charge in [-0.3, -0.25) is 9.78 Å². The van der Waals surface area contributed by atoms with Crippen LogP contribution in [0.25, 0.3) is 11.1 Å². The Balaban J connectivity index is 1.59. The fourth-order valence-electron chi connectivity index (χ4n) is 3.81. The molecule has 0 aliphatic rings. The Hall–Kier alpha value is -4.13. The molecular formula is C27H26N4O3. The highest BCUT2D eigenvalue weighted by atomic mass is 16.4. The molecule has 0 bridgehead atoms. The van der Waals surface area contributed by atoms with E-state index >= 15 is 0 Å². The van der Waals surface area contributed by atoms with E-state index < -0.39 is 5.97 Å². The van der Waals surface area contributed by atoms with Crippen LogP contribution < -0.4 is 0 Å². The minimum atomic E-state index is -0.989. The standard InChI is InChI=1S/C27H26N4O3/c1-2-3-5-10-24-29-26(25(32)21-8-6-4-7-9-21)30-31(24)18-19-11-13-20(14-12-19)23-17-28-16-15-22(23)27(33)34/h4,6-9,11-17H,2-3,5,10,18H2,1H3,(H,33,34). The van der Waals surface area contributed by atoms with Gasteiger partial charge in [0.15, 0.2) is 0 Å². The highest BCUT2D eigenvalue weighted by molar-refractivity contribution is 6.06. The molecule has 2 aromatic heterocycles. The number of carboxylic acid groups (broad SMARTS) is 1. The second-order valence-corrected chi connectivity index (χ2v) is 8.08. The lowest BCUT2D eigenvalue weighted by atomic mass is 10.0. The molecule has 4 aromatic rings. The Labute approximate surface area is 198 Å². The summed E-state index contributed by atoms with van der Waals surface area (Å²) in [6.45, 7) is 2.62. The van der Waals surface area contributed by atoms with Gasteiger partial charge in [0.1, 0.15) is 5.82 Å². The highest BCUT2D eigenvalue weighted by Crippen LogP contribution is 2.23. The molecule has 0 amide bonds. The third-order valence-corrected chi connectivity index (χ3v) is 5.64. The van der Waals surface area contributed by atoms with Crippen molar-refractivity contribution in [3.05, 3.63) is 101 Å². The Morgan fingerprint density at radius 3 is 2.44 bits per heavy atom. The number of pyridine rings is 1. The number of carbonyl (C=O) groups excluding carboxylic acids is 1. The lowest BCUT2D eigenvalue weighted by molar-refractivity contribution is 0.0697. The maximum atomic E-state index is 12.9. The Kier molecular flexibility index (Phi) is 7.22. The number of aromatic carboxylic acids is 1. The molecule has 34 heavy (non-hydrogen) atoms. The number of ketones is 1. The minimum absolute atomic E-state index is 0.191. The van der Waals surface area contributed by atoms with Crippen molar-refractivity contribution in [2.45, 2.75) is 39.2 Å². The number of benzene rings is 2. The van der Waals surface area contributed by atoms with Gasteiger partial charge in [0, 0.05) is 29.9 Å². The van der Waals surface area contributed by atoms with Crippen LogP contribution >= 0.6 is 0 Å². The van der Waals surface area contributed by atoms with Gasteiger partial charge in [0.25, 0.3) is 0 Å². The number of rotatable bonds is 10. The summed E-state index contributed by atoms with van der Waals surface area (Å²) in [6.07, 6.45) is 6.94. The smallest absolute Gasteiger partial charge is 0.336 e. The third kappa shape index (κ3) is 5.26. The van der Waals surface area contributed by atoms with Crippen LogP contribution in [0.1, 0.15) is 64.1 Å². The molecule has 0 aliphatic carbocycles. The molecule has 0 atom stereocenters. The predicted octanol–water partition coefficient (Wildman–Crippen LogP) is 5.05. The molecule has 2 heterocycles. The van der Waals surface area contributed by atoms with Crippen molar-refractivity contribution < 1.29 is 14.7 Å². The van der Waals surface area contributed by atoms with Crippen molar-refractivity contribution in [1.29, 1.82) is 0 Å². The number of hydrogen-bond donors (Lipinski definition) is 1. The van der Waals surface area contributed by atoms with Crippen LogP contribution in [0.3, 0.4) is 0 Å².